The molecule has 0 radical (unpaired) electrons. The highest BCUT2D eigenvalue weighted by Crippen LogP contribution is 2.22. The molecule has 2 aromatic rings. The van der Waals surface area contributed by atoms with Gasteiger partial charge >= 0.3 is 0 Å². The molecule has 1 amide bonds. The number of hydrogen-bond donors (Lipinski definition) is 0. The predicted octanol–water partition coefficient (Wildman–Crippen LogP) is 2.22. The first-order chi connectivity index (χ1) is 11.8. The summed E-state index contributed by atoms with van der Waals surface area (Å²) in [5.74, 6) is 0.265. The SMILES string of the molecule is CCC(C(=O)N1CCN(CCn2ccnc2)CC1)c1ccccc1. The molecule has 2 heterocycles. The van der Waals surface area contributed by atoms with Gasteiger partial charge in [0, 0.05) is 51.7 Å². The first kappa shape index (κ1) is 16.7. The zero-order valence-corrected chi connectivity index (χ0v) is 14.3. The van der Waals surface area contributed by atoms with Crippen molar-refractivity contribution < 1.29 is 4.79 Å². The lowest BCUT2D eigenvalue weighted by Gasteiger charge is -2.36. The molecule has 1 unspecified atom stereocenters. The van der Waals surface area contributed by atoms with Crippen molar-refractivity contribution in [1.82, 2.24) is 19.4 Å². The predicted molar refractivity (Wildman–Crippen MR) is 94.7 cm³/mol. The summed E-state index contributed by atoms with van der Waals surface area (Å²) in [4.78, 5) is 21.4. The van der Waals surface area contributed by atoms with Gasteiger partial charge in [0.15, 0.2) is 0 Å². The summed E-state index contributed by atoms with van der Waals surface area (Å²) in [6.45, 7) is 7.61. The third-order valence-corrected chi connectivity index (χ3v) is 4.83. The highest BCUT2D eigenvalue weighted by molar-refractivity contribution is 5.83. The van der Waals surface area contributed by atoms with Crippen molar-refractivity contribution in [2.45, 2.75) is 25.8 Å². The number of carbonyl (C=O) groups is 1. The fourth-order valence-electron chi connectivity index (χ4n) is 3.33. The van der Waals surface area contributed by atoms with Crippen LogP contribution in [0.15, 0.2) is 49.1 Å². The molecule has 24 heavy (non-hydrogen) atoms. The summed E-state index contributed by atoms with van der Waals surface area (Å²) >= 11 is 0. The van der Waals surface area contributed by atoms with Crippen molar-refractivity contribution in [1.29, 1.82) is 0 Å². The number of benzene rings is 1. The summed E-state index contributed by atoms with van der Waals surface area (Å²) in [5, 5.41) is 0. The van der Waals surface area contributed by atoms with Crippen molar-refractivity contribution in [2.24, 2.45) is 0 Å². The normalized spacial score (nSPS) is 17.0. The molecule has 1 fully saturated rings. The van der Waals surface area contributed by atoms with Crippen molar-refractivity contribution in [2.75, 3.05) is 32.7 Å². The maximum atomic E-state index is 12.9. The molecule has 0 spiro atoms. The van der Waals surface area contributed by atoms with E-state index in [-0.39, 0.29) is 11.8 Å². The number of carbonyl (C=O) groups excluding carboxylic acids is 1. The first-order valence-electron chi connectivity index (χ1n) is 8.79. The van der Waals surface area contributed by atoms with Gasteiger partial charge in [-0.3, -0.25) is 9.69 Å². The molecule has 1 atom stereocenters. The lowest BCUT2D eigenvalue weighted by atomic mass is 9.95. The number of rotatable bonds is 6. The molecule has 1 aliphatic heterocycles. The van der Waals surface area contributed by atoms with Crippen molar-refractivity contribution in [3.05, 3.63) is 54.6 Å². The Morgan fingerprint density at radius 2 is 1.88 bits per heavy atom. The highest BCUT2D eigenvalue weighted by Gasteiger charge is 2.27. The van der Waals surface area contributed by atoms with Gasteiger partial charge in [0.2, 0.25) is 5.91 Å². The third-order valence-electron chi connectivity index (χ3n) is 4.83. The highest BCUT2D eigenvalue weighted by atomic mass is 16.2. The summed E-state index contributed by atoms with van der Waals surface area (Å²) < 4.78 is 2.10. The number of imidazole rings is 1. The Balaban J connectivity index is 1.51. The monoisotopic (exact) mass is 326 g/mol. The Kier molecular flexibility index (Phi) is 5.64. The van der Waals surface area contributed by atoms with Gasteiger partial charge < -0.3 is 9.47 Å². The maximum absolute atomic E-state index is 12.9. The van der Waals surface area contributed by atoms with E-state index in [0.717, 1.165) is 51.3 Å². The average molecular weight is 326 g/mol. The van der Waals surface area contributed by atoms with E-state index in [1.54, 1.807) is 0 Å². The molecule has 1 aliphatic rings. The minimum absolute atomic E-state index is 0.0105. The van der Waals surface area contributed by atoms with E-state index >= 15 is 0 Å². The van der Waals surface area contributed by atoms with E-state index in [1.165, 1.54) is 0 Å². The van der Waals surface area contributed by atoms with Crippen LogP contribution in [0.3, 0.4) is 0 Å². The molecule has 1 saturated heterocycles. The molecule has 0 saturated carbocycles. The minimum atomic E-state index is -0.0105. The van der Waals surface area contributed by atoms with E-state index < -0.39 is 0 Å². The number of nitrogens with zero attached hydrogens (tertiary/aromatic N) is 4. The van der Waals surface area contributed by atoms with Crippen molar-refractivity contribution in [3.8, 4) is 0 Å². The maximum Gasteiger partial charge on any atom is 0.230 e. The van der Waals surface area contributed by atoms with Crippen LogP contribution in [0.5, 0.6) is 0 Å². The largest absolute Gasteiger partial charge is 0.340 e. The van der Waals surface area contributed by atoms with Gasteiger partial charge in [0.1, 0.15) is 0 Å². The van der Waals surface area contributed by atoms with Crippen LogP contribution in [0, 0.1) is 0 Å². The van der Waals surface area contributed by atoms with Gasteiger partial charge in [-0.1, -0.05) is 37.3 Å². The summed E-state index contributed by atoms with van der Waals surface area (Å²) in [5.41, 5.74) is 1.13. The molecule has 3 rings (SSSR count). The molecule has 1 aromatic carbocycles. The van der Waals surface area contributed by atoms with E-state index in [4.69, 9.17) is 0 Å². The molecule has 128 valence electrons. The topological polar surface area (TPSA) is 41.4 Å². The standard InChI is InChI=1S/C19H26N4O/c1-2-18(17-6-4-3-5-7-17)19(24)23-14-12-21(13-15-23)10-11-22-9-8-20-16-22/h3-9,16,18H,2,10-15H2,1H3. The molecule has 5 nitrogen and oxygen atoms in total. The van der Waals surface area contributed by atoms with Crippen LogP contribution >= 0.6 is 0 Å². The molecular formula is C19H26N4O. The fraction of sp³-hybridized carbons (Fsp3) is 0.474. The van der Waals surface area contributed by atoms with Crippen LogP contribution in [-0.2, 0) is 11.3 Å². The second-order valence-corrected chi connectivity index (χ2v) is 6.34. The van der Waals surface area contributed by atoms with Gasteiger partial charge in [-0.15, -0.1) is 0 Å². The Bertz CT molecular complexity index is 618. The van der Waals surface area contributed by atoms with E-state index in [9.17, 15) is 4.79 Å². The van der Waals surface area contributed by atoms with E-state index in [0.29, 0.717) is 0 Å². The summed E-state index contributed by atoms with van der Waals surface area (Å²) in [7, 11) is 0. The van der Waals surface area contributed by atoms with Crippen molar-refractivity contribution in [3.63, 3.8) is 0 Å². The van der Waals surface area contributed by atoms with Gasteiger partial charge in [-0.2, -0.15) is 0 Å². The Morgan fingerprint density at radius 3 is 2.50 bits per heavy atom. The van der Waals surface area contributed by atoms with Gasteiger partial charge in [0.25, 0.3) is 0 Å². The van der Waals surface area contributed by atoms with Crippen LogP contribution < -0.4 is 0 Å². The second kappa shape index (κ2) is 8.11. The van der Waals surface area contributed by atoms with Gasteiger partial charge in [-0.25, -0.2) is 4.98 Å². The van der Waals surface area contributed by atoms with E-state index in [1.807, 2.05) is 41.8 Å². The number of aromatic nitrogens is 2. The molecule has 5 heteroatoms. The molecule has 1 aromatic heterocycles. The lowest BCUT2D eigenvalue weighted by molar-refractivity contribution is -0.134. The quantitative estimate of drug-likeness (QED) is 0.817. The average Bonchev–Trinajstić information content (AvgIpc) is 3.15. The molecule has 0 bridgehead atoms. The van der Waals surface area contributed by atoms with Crippen LogP contribution in [0.1, 0.15) is 24.8 Å². The van der Waals surface area contributed by atoms with Crippen LogP contribution in [0.4, 0.5) is 0 Å². The Morgan fingerprint density at radius 1 is 1.12 bits per heavy atom. The van der Waals surface area contributed by atoms with Crippen LogP contribution in [0.2, 0.25) is 0 Å². The zero-order valence-electron chi connectivity index (χ0n) is 14.3. The summed E-state index contributed by atoms with van der Waals surface area (Å²) in [6.07, 6.45) is 6.51. The van der Waals surface area contributed by atoms with Gasteiger partial charge in [-0.05, 0) is 12.0 Å². The smallest absolute Gasteiger partial charge is 0.230 e. The Labute approximate surface area is 143 Å². The minimum Gasteiger partial charge on any atom is -0.340 e. The number of hydrogen-bond acceptors (Lipinski definition) is 3. The van der Waals surface area contributed by atoms with Crippen LogP contribution in [0.25, 0.3) is 0 Å². The summed E-state index contributed by atoms with van der Waals surface area (Å²) in [6, 6.07) is 10.2. The molecule has 0 aliphatic carbocycles. The fourth-order valence-corrected chi connectivity index (χ4v) is 3.33. The molecule has 0 N–H and O–H groups in total. The number of amides is 1. The molecular weight excluding hydrogens is 300 g/mol. The van der Waals surface area contributed by atoms with Crippen LogP contribution in [-0.4, -0.2) is 58.0 Å². The van der Waals surface area contributed by atoms with Crippen molar-refractivity contribution >= 4 is 5.91 Å². The first-order valence-corrected chi connectivity index (χ1v) is 8.79. The second-order valence-electron chi connectivity index (χ2n) is 6.34. The third kappa shape index (κ3) is 4.03. The zero-order chi connectivity index (χ0) is 16.8. The van der Waals surface area contributed by atoms with Gasteiger partial charge in [0.05, 0.1) is 12.2 Å². The van der Waals surface area contributed by atoms with E-state index in [2.05, 4.69) is 33.5 Å². The Hall–Kier alpha value is -2.14. The lowest BCUT2D eigenvalue weighted by Crippen LogP contribution is -2.50. The number of piperazine rings is 1.